The molecule has 1 unspecified atom stereocenters. The van der Waals surface area contributed by atoms with Gasteiger partial charge in [-0.05, 0) is 31.1 Å². The van der Waals surface area contributed by atoms with Gasteiger partial charge in [-0.2, -0.15) is 0 Å². The Kier molecular flexibility index (Phi) is 2.66. The summed E-state index contributed by atoms with van der Waals surface area (Å²) >= 11 is 0. The van der Waals surface area contributed by atoms with Crippen LogP contribution in [0.5, 0.6) is 0 Å². The third-order valence-electron chi connectivity index (χ3n) is 3.03. The van der Waals surface area contributed by atoms with Crippen molar-refractivity contribution in [1.82, 2.24) is 5.32 Å². The van der Waals surface area contributed by atoms with E-state index in [4.69, 9.17) is 4.74 Å². The van der Waals surface area contributed by atoms with Crippen molar-refractivity contribution in [2.75, 3.05) is 19.8 Å². The molecule has 0 radical (unpaired) electrons. The van der Waals surface area contributed by atoms with E-state index in [1.165, 1.54) is 25.8 Å². The highest BCUT2D eigenvalue weighted by Crippen LogP contribution is 2.29. The highest BCUT2D eigenvalue weighted by molar-refractivity contribution is 4.90. The molecular formula is C10H19NO. The zero-order valence-corrected chi connectivity index (χ0v) is 7.88. The third-order valence-corrected chi connectivity index (χ3v) is 3.03. The summed E-state index contributed by atoms with van der Waals surface area (Å²) in [6.45, 7) is 5.45. The monoisotopic (exact) mass is 169 g/mol. The average molecular weight is 169 g/mol. The second-order valence-electron chi connectivity index (χ2n) is 4.31. The van der Waals surface area contributed by atoms with Gasteiger partial charge in [-0.1, -0.05) is 6.92 Å². The molecular weight excluding hydrogens is 150 g/mol. The van der Waals surface area contributed by atoms with Crippen LogP contribution in [0.25, 0.3) is 0 Å². The van der Waals surface area contributed by atoms with E-state index in [2.05, 4.69) is 12.2 Å². The summed E-state index contributed by atoms with van der Waals surface area (Å²) in [5.41, 5.74) is 0. The van der Waals surface area contributed by atoms with Crippen molar-refractivity contribution in [3.05, 3.63) is 0 Å². The molecule has 2 aliphatic rings. The Morgan fingerprint density at radius 3 is 2.92 bits per heavy atom. The van der Waals surface area contributed by atoms with Gasteiger partial charge in [0.25, 0.3) is 0 Å². The second kappa shape index (κ2) is 3.75. The molecule has 2 rings (SSSR count). The summed E-state index contributed by atoms with van der Waals surface area (Å²) in [5.74, 6) is 1.71. The summed E-state index contributed by atoms with van der Waals surface area (Å²) in [4.78, 5) is 0. The second-order valence-corrected chi connectivity index (χ2v) is 4.31. The Morgan fingerprint density at radius 2 is 2.33 bits per heavy atom. The first kappa shape index (κ1) is 8.52. The minimum Gasteiger partial charge on any atom is -0.381 e. The van der Waals surface area contributed by atoms with Gasteiger partial charge < -0.3 is 10.1 Å². The lowest BCUT2D eigenvalue weighted by molar-refractivity contribution is 0.0546. The maximum Gasteiger partial charge on any atom is 0.0506 e. The lowest BCUT2D eigenvalue weighted by atomic mass is 10.0. The van der Waals surface area contributed by atoms with Crippen molar-refractivity contribution in [3.8, 4) is 0 Å². The summed E-state index contributed by atoms with van der Waals surface area (Å²) in [7, 11) is 0. The van der Waals surface area contributed by atoms with Crippen molar-refractivity contribution in [1.29, 1.82) is 0 Å². The van der Waals surface area contributed by atoms with Crippen molar-refractivity contribution in [2.24, 2.45) is 11.8 Å². The molecule has 1 saturated carbocycles. The van der Waals surface area contributed by atoms with Crippen molar-refractivity contribution in [2.45, 2.75) is 32.2 Å². The molecule has 0 aromatic rings. The van der Waals surface area contributed by atoms with E-state index in [-0.39, 0.29) is 0 Å². The molecule has 0 aromatic heterocycles. The van der Waals surface area contributed by atoms with E-state index in [9.17, 15) is 0 Å². The van der Waals surface area contributed by atoms with Gasteiger partial charge >= 0.3 is 0 Å². The zero-order valence-electron chi connectivity index (χ0n) is 7.88. The number of rotatable bonds is 3. The number of hydrogen-bond acceptors (Lipinski definition) is 2. The van der Waals surface area contributed by atoms with Crippen LogP contribution in [-0.2, 0) is 4.74 Å². The van der Waals surface area contributed by atoms with Crippen LogP contribution in [0.3, 0.4) is 0 Å². The molecule has 2 nitrogen and oxygen atoms in total. The molecule has 12 heavy (non-hydrogen) atoms. The maximum absolute atomic E-state index is 5.42. The Bertz CT molecular complexity index is 143. The first-order chi connectivity index (χ1) is 5.86. The standard InChI is InChI=1S/C10H19NO/c1-8-5-10(8)11-6-9-3-2-4-12-7-9/h8-11H,2-7H2,1H3/t8-,9?,10-/m1/s1. The molecule has 0 bridgehead atoms. The molecule has 1 N–H and O–H groups in total. The van der Waals surface area contributed by atoms with Crippen LogP contribution in [0.4, 0.5) is 0 Å². The quantitative estimate of drug-likeness (QED) is 0.689. The Hall–Kier alpha value is -0.0800. The van der Waals surface area contributed by atoms with Gasteiger partial charge in [-0.15, -0.1) is 0 Å². The third kappa shape index (κ3) is 2.20. The first-order valence-corrected chi connectivity index (χ1v) is 5.17. The van der Waals surface area contributed by atoms with E-state index in [0.717, 1.165) is 31.1 Å². The molecule has 3 atom stereocenters. The summed E-state index contributed by atoms with van der Waals surface area (Å²) in [6.07, 6.45) is 3.99. The van der Waals surface area contributed by atoms with Gasteiger partial charge in [-0.25, -0.2) is 0 Å². The topological polar surface area (TPSA) is 21.3 Å². The van der Waals surface area contributed by atoms with E-state index < -0.39 is 0 Å². The van der Waals surface area contributed by atoms with Gasteiger partial charge in [0, 0.05) is 19.2 Å². The Balaban J connectivity index is 1.59. The number of nitrogens with one attached hydrogen (secondary N) is 1. The predicted octanol–water partition coefficient (Wildman–Crippen LogP) is 1.41. The Labute approximate surface area is 74.7 Å². The van der Waals surface area contributed by atoms with Crippen molar-refractivity contribution < 1.29 is 4.74 Å². The molecule has 0 amide bonds. The van der Waals surface area contributed by atoms with Crippen LogP contribution in [-0.4, -0.2) is 25.8 Å². The minimum atomic E-state index is 0.784. The van der Waals surface area contributed by atoms with Crippen molar-refractivity contribution >= 4 is 0 Å². The Morgan fingerprint density at radius 1 is 1.50 bits per heavy atom. The summed E-state index contributed by atoms with van der Waals surface area (Å²) in [6, 6.07) is 0.826. The fraction of sp³-hybridized carbons (Fsp3) is 1.00. The molecule has 2 fully saturated rings. The van der Waals surface area contributed by atoms with Gasteiger partial charge in [-0.3, -0.25) is 0 Å². The summed E-state index contributed by atoms with van der Waals surface area (Å²) < 4.78 is 5.42. The van der Waals surface area contributed by atoms with Gasteiger partial charge in [0.2, 0.25) is 0 Å². The molecule has 0 aromatic carbocycles. The van der Waals surface area contributed by atoms with Crippen LogP contribution < -0.4 is 5.32 Å². The number of hydrogen-bond donors (Lipinski definition) is 1. The molecule has 0 spiro atoms. The minimum absolute atomic E-state index is 0.784. The highest BCUT2D eigenvalue weighted by atomic mass is 16.5. The SMILES string of the molecule is C[C@@H]1C[C@H]1NCC1CCCOC1. The zero-order chi connectivity index (χ0) is 8.39. The molecule has 1 saturated heterocycles. The summed E-state index contributed by atoms with van der Waals surface area (Å²) in [5, 5.41) is 3.60. The molecule has 1 heterocycles. The maximum atomic E-state index is 5.42. The normalized spacial score (nSPS) is 41.2. The van der Waals surface area contributed by atoms with Gasteiger partial charge in [0.05, 0.1) is 6.61 Å². The van der Waals surface area contributed by atoms with Crippen molar-refractivity contribution in [3.63, 3.8) is 0 Å². The predicted molar refractivity (Wildman–Crippen MR) is 49.1 cm³/mol. The van der Waals surface area contributed by atoms with E-state index in [1.54, 1.807) is 0 Å². The average Bonchev–Trinajstić information content (AvgIpc) is 2.81. The van der Waals surface area contributed by atoms with Crippen LogP contribution in [0.15, 0.2) is 0 Å². The van der Waals surface area contributed by atoms with Crippen LogP contribution in [0, 0.1) is 11.8 Å². The lowest BCUT2D eigenvalue weighted by Gasteiger charge is -2.22. The smallest absolute Gasteiger partial charge is 0.0506 e. The van der Waals surface area contributed by atoms with Gasteiger partial charge in [0.1, 0.15) is 0 Å². The molecule has 1 aliphatic carbocycles. The van der Waals surface area contributed by atoms with E-state index in [1.807, 2.05) is 0 Å². The fourth-order valence-electron chi connectivity index (χ4n) is 1.89. The molecule has 70 valence electrons. The largest absolute Gasteiger partial charge is 0.381 e. The fourth-order valence-corrected chi connectivity index (χ4v) is 1.89. The number of ether oxygens (including phenoxy) is 1. The molecule has 2 heteroatoms. The van der Waals surface area contributed by atoms with E-state index in [0.29, 0.717) is 0 Å². The van der Waals surface area contributed by atoms with Crippen LogP contribution >= 0.6 is 0 Å². The lowest BCUT2D eigenvalue weighted by Crippen LogP contribution is -2.30. The van der Waals surface area contributed by atoms with Gasteiger partial charge in [0.15, 0.2) is 0 Å². The highest BCUT2D eigenvalue weighted by Gasteiger charge is 2.32. The van der Waals surface area contributed by atoms with Crippen LogP contribution in [0.2, 0.25) is 0 Å². The van der Waals surface area contributed by atoms with Crippen LogP contribution in [0.1, 0.15) is 26.2 Å². The molecule has 1 aliphatic heterocycles. The first-order valence-electron chi connectivity index (χ1n) is 5.17. The van der Waals surface area contributed by atoms with E-state index >= 15 is 0 Å².